The first-order valence-corrected chi connectivity index (χ1v) is 6.63. The third-order valence-corrected chi connectivity index (χ3v) is 4.43. The van der Waals surface area contributed by atoms with Gasteiger partial charge in [0.25, 0.3) is 0 Å². The van der Waals surface area contributed by atoms with Crippen molar-refractivity contribution in [2.45, 2.75) is 32.2 Å². The van der Waals surface area contributed by atoms with Gasteiger partial charge >= 0.3 is 0 Å². The van der Waals surface area contributed by atoms with E-state index in [1.54, 1.807) is 11.3 Å². The highest BCUT2D eigenvalue weighted by molar-refractivity contribution is 9.11. The fraction of sp³-hybridized carbons (Fsp3) is 0.700. The van der Waals surface area contributed by atoms with Crippen molar-refractivity contribution in [2.75, 3.05) is 13.1 Å². The highest BCUT2D eigenvalue weighted by Crippen LogP contribution is 2.32. The number of thiazole rings is 1. The fourth-order valence-electron chi connectivity index (χ4n) is 1.91. The largest absolute Gasteiger partial charge is 0.300 e. The van der Waals surface area contributed by atoms with E-state index in [4.69, 9.17) is 0 Å². The van der Waals surface area contributed by atoms with E-state index in [0.29, 0.717) is 12.0 Å². The van der Waals surface area contributed by atoms with E-state index in [0.717, 1.165) is 3.79 Å². The molecule has 2 rings (SSSR count). The van der Waals surface area contributed by atoms with Crippen LogP contribution in [0.15, 0.2) is 9.98 Å². The lowest BCUT2D eigenvalue weighted by Gasteiger charge is -2.19. The van der Waals surface area contributed by atoms with Crippen LogP contribution in [-0.2, 0) is 0 Å². The minimum absolute atomic E-state index is 0.661. The Morgan fingerprint density at radius 3 is 2.93 bits per heavy atom. The lowest BCUT2D eigenvalue weighted by atomic mass is 10.1. The van der Waals surface area contributed by atoms with Gasteiger partial charge in [-0.2, -0.15) is 0 Å². The first-order valence-electron chi connectivity index (χ1n) is 5.02. The van der Waals surface area contributed by atoms with E-state index < -0.39 is 0 Å². The van der Waals surface area contributed by atoms with Crippen molar-refractivity contribution in [1.82, 2.24) is 9.88 Å². The second kappa shape index (κ2) is 4.29. The van der Waals surface area contributed by atoms with Crippen LogP contribution in [0, 0.1) is 0 Å². The van der Waals surface area contributed by atoms with Gasteiger partial charge in [-0.3, -0.25) is 0 Å². The van der Waals surface area contributed by atoms with Gasteiger partial charge in [-0.25, -0.2) is 4.98 Å². The summed E-state index contributed by atoms with van der Waals surface area (Å²) in [6.07, 6.45) is 3.18. The maximum absolute atomic E-state index is 4.44. The molecule has 1 unspecified atom stereocenters. The fourth-order valence-corrected chi connectivity index (χ4v) is 3.28. The molecular formula is C10H15BrN2S. The van der Waals surface area contributed by atoms with Gasteiger partial charge in [0.05, 0.1) is 15.0 Å². The van der Waals surface area contributed by atoms with E-state index in [-0.39, 0.29) is 0 Å². The SMILES string of the molecule is CC(C)N1CCC(c2ncc(Br)s2)C1. The van der Waals surface area contributed by atoms with E-state index in [2.05, 4.69) is 39.7 Å². The Bertz CT molecular complexity index is 311. The van der Waals surface area contributed by atoms with Gasteiger partial charge in [-0.15, -0.1) is 11.3 Å². The average Bonchev–Trinajstić information content (AvgIpc) is 2.70. The highest BCUT2D eigenvalue weighted by atomic mass is 79.9. The molecule has 0 bridgehead atoms. The minimum atomic E-state index is 0.661. The number of rotatable bonds is 2. The van der Waals surface area contributed by atoms with Crippen molar-refractivity contribution in [2.24, 2.45) is 0 Å². The number of nitrogens with zero attached hydrogens (tertiary/aromatic N) is 2. The van der Waals surface area contributed by atoms with E-state index >= 15 is 0 Å². The van der Waals surface area contributed by atoms with E-state index in [1.807, 2.05) is 6.20 Å². The molecule has 1 aromatic rings. The molecule has 0 saturated carbocycles. The van der Waals surface area contributed by atoms with Crippen molar-refractivity contribution in [3.8, 4) is 0 Å². The smallest absolute Gasteiger partial charge is 0.0980 e. The first-order chi connectivity index (χ1) is 6.66. The number of aromatic nitrogens is 1. The molecule has 1 aromatic heterocycles. The number of likely N-dealkylation sites (tertiary alicyclic amines) is 1. The Labute approximate surface area is 97.5 Å². The molecule has 1 fully saturated rings. The van der Waals surface area contributed by atoms with Crippen LogP contribution in [0.5, 0.6) is 0 Å². The van der Waals surface area contributed by atoms with Crippen LogP contribution < -0.4 is 0 Å². The topological polar surface area (TPSA) is 16.1 Å². The number of hydrogen-bond acceptors (Lipinski definition) is 3. The minimum Gasteiger partial charge on any atom is -0.300 e. The number of halogens is 1. The maximum atomic E-state index is 4.44. The summed E-state index contributed by atoms with van der Waals surface area (Å²) in [5.74, 6) is 0.661. The Morgan fingerprint density at radius 2 is 2.43 bits per heavy atom. The first kappa shape index (κ1) is 10.6. The van der Waals surface area contributed by atoms with Crippen LogP contribution in [0.25, 0.3) is 0 Å². The lowest BCUT2D eigenvalue weighted by Crippen LogP contribution is -2.27. The van der Waals surface area contributed by atoms with Crippen molar-refractivity contribution in [3.05, 3.63) is 15.0 Å². The summed E-state index contributed by atoms with van der Waals surface area (Å²) < 4.78 is 1.15. The maximum Gasteiger partial charge on any atom is 0.0980 e. The van der Waals surface area contributed by atoms with E-state index in [9.17, 15) is 0 Å². The van der Waals surface area contributed by atoms with Crippen LogP contribution >= 0.6 is 27.3 Å². The molecule has 1 aliphatic heterocycles. The zero-order valence-corrected chi connectivity index (χ0v) is 10.9. The average molecular weight is 275 g/mol. The number of hydrogen-bond donors (Lipinski definition) is 0. The molecule has 1 aliphatic rings. The second-order valence-corrected chi connectivity index (χ2v) is 6.52. The van der Waals surface area contributed by atoms with E-state index in [1.165, 1.54) is 24.5 Å². The Kier molecular flexibility index (Phi) is 3.24. The summed E-state index contributed by atoms with van der Waals surface area (Å²) in [6.45, 7) is 6.93. The van der Waals surface area contributed by atoms with Gasteiger partial charge in [0.1, 0.15) is 0 Å². The molecule has 4 heteroatoms. The molecule has 1 atom stereocenters. The molecule has 2 nitrogen and oxygen atoms in total. The molecule has 78 valence electrons. The van der Waals surface area contributed by atoms with Gasteiger partial charge in [0, 0.05) is 18.5 Å². The van der Waals surface area contributed by atoms with Crippen LogP contribution in [0.3, 0.4) is 0 Å². The molecule has 14 heavy (non-hydrogen) atoms. The molecule has 0 N–H and O–H groups in total. The molecule has 0 amide bonds. The predicted octanol–water partition coefficient (Wildman–Crippen LogP) is 3.10. The van der Waals surface area contributed by atoms with Gasteiger partial charge < -0.3 is 4.90 Å². The summed E-state index contributed by atoms with van der Waals surface area (Å²) in [5, 5.41) is 1.29. The molecular weight excluding hydrogens is 260 g/mol. The standard InChI is InChI=1S/C10H15BrN2S/c1-7(2)13-4-3-8(6-13)10-12-5-9(11)14-10/h5,7-8H,3-4,6H2,1-2H3. The van der Waals surface area contributed by atoms with Crippen LogP contribution in [0.4, 0.5) is 0 Å². The summed E-state index contributed by atoms with van der Waals surface area (Å²) in [6, 6.07) is 0.670. The molecule has 1 saturated heterocycles. The molecule has 0 radical (unpaired) electrons. The summed E-state index contributed by atoms with van der Waals surface area (Å²) >= 11 is 5.24. The third kappa shape index (κ3) is 2.18. The quantitative estimate of drug-likeness (QED) is 0.824. The van der Waals surface area contributed by atoms with Gasteiger partial charge in [-0.05, 0) is 42.7 Å². The molecule has 0 aromatic carbocycles. The van der Waals surface area contributed by atoms with Gasteiger partial charge in [-0.1, -0.05) is 0 Å². The third-order valence-electron chi connectivity index (χ3n) is 2.79. The molecule has 0 spiro atoms. The van der Waals surface area contributed by atoms with Crippen molar-refractivity contribution < 1.29 is 0 Å². The molecule has 2 heterocycles. The summed E-state index contributed by atoms with van der Waals surface area (Å²) in [7, 11) is 0. The van der Waals surface area contributed by atoms with Crippen molar-refractivity contribution in [1.29, 1.82) is 0 Å². The van der Waals surface area contributed by atoms with Crippen LogP contribution in [-0.4, -0.2) is 29.0 Å². The van der Waals surface area contributed by atoms with Crippen LogP contribution in [0.1, 0.15) is 31.2 Å². The van der Waals surface area contributed by atoms with Crippen molar-refractivity contribution >= 4 is 27.3 Å². The Hall–Kier alpha value is 0.0700. The monoisotopic (exact) mass is 274 g/mol. The van der Waals surface area contributed by atoms with Crippen LogP contribution in [0.2, 0.25) is 0 Å². The Morgan fingerprint density at radius 1 is 1.64 bits per heavy atom. The zero-order chi connectivity index (χ0) is 10.1. The van der Waals surface area contributed by atoms with Crippen molar-refractivity contribution in [3.63, 3.8) is 0 Å². The summed E-state index contributed by atoms with van der Waals surface area (Å²) in [4.78, 5) is 6.96. The Balaban J connectivity index is 2.02. The highest BCUT2D eigenvalue weighted by Gasteiger charge is 2.27. The summed E-state index contributed by atoms with van der Waals surface area (Å²) in [5.41, 5.74) is 0. The lowest BCUT2D eigenvalue weighted by molar-refractivity contribution is 0.272. The van der Waals surface area contributed by atoms with Gasteiger partial charge in [0.2, 0.25) is 0 Å². The predicted molar refractivity (Wildman–Crippen MR) is 63.9 cm³/mol. The normalized spacial score (nSPS) is 23.6. The second-order valence-electron chi connectivity index (χ2n) is 4.08. The van der Waals surface area contributed by atoms with Gasteiger partial charge in [0.15, 0.2) is 0 Å². The molecule has 0 aliphatic carbocycles. The zero-order valence-electron chi connectivity index (χ0n) is 8.53.